The first-order valence-electron chi connectivity index (χ1n) is 4.70. The lowest BCUT2D eigenvalue weighted by Gasteiger charge is -2.26. The van der Waals surface area contributed by atoms with E-state index >= 15 is 0 Å². The summed E-state index contributed by atoms with van der Waals surface area (Å²) in [4.78, 5) is 13.5. The van der Waals surface area contributed by atoms with Gasteiger partial charge in [0.25, 0.3) is 0 Å². The van der Waals surface area contributed by atoms with Gasteiger partial charge in [0.1, 0.15) is 5.03 Å². The first-order chi connectivity index (χ1) is 7.36. The van der Waals surface area contributed by atoms with E-state index in [1.54, 1.807) is 6.20 Å². The molecule has 1 aliphatic heterocycles. The van der Waals surface area contributed by atoms with Crippen LogP contribution in [0.15, 0.2) is 11.2 Å². The van der Waals surface area contributed by atoms with Crippen LogP contribution in [0.4, 0.5) is 0 Å². The molecule has 1 aromatic rings. The van der Waals surface area contributed by atoms with Crippen molar-refractivity contribution >= 4 is 17.7 Å². The van der Waals surface area contributed by atoms with Gasteiger partial charge in [0.15, 0.2) is 0 Å². The van der Waals surface area contributed by atoms with E-state index in [0.29, 0.717) is 32.1 Å². The van der Waals surface area contributed by atoms with Crippen molar-refractivity contribution in [1.29, 1.82) is 0 Å². The molecule has 1 amide bonds. The lowest BCUT2D eigenvalue weighted by molar-refractivity contribution is -0.132. The van der Waals surface area contributed by atoms with Crippen LogP contribution in [-0.2, 0) is 9.53 Å². The van der Waals surface area contributed by atoms with Crippen LogP contribution in [0.25, 0.3) is 0 Å². The van der Waals surface area contributed by atoms with Crippen molar-refractivity contribution in [2.45, 2.75) is 5.03 Å². The normalized spacial score (nSPS) is 16.7. The molecule has 0 radical (unpaired) electrons. The molecule has 0 spiro atoms. The third kappa shape index (κ3) is 2.93. The van der Waals surface area contributed by atoms with Gasteiger partial charge in [-0.2, -0.15) is 10.3 Å². The molecule has 6 nitrogen and oxygen atoms in total. The molecule has 0 saturated carbocycles. The molecule has 1 aromatic heterocycles. The van der Waals surface area contributed by atoms with Gasteiger partial charge in [0, 0.05) is 13.1 Å². The number of ether oxygens (including phenoxy) is 1. The number of hydrogen-bond donors (Lipinski definition) is 1. The third-order valence-corrected chi connectivity index (χ3v) is 2.98. The molecular weight excluding hydrogens is 216 g/mol. The minimum Gasteiger partial charge on any atom is -0.378 e. The largest absolute Gasteiger partial charge is 0.378 e. The summed E-state index contributed by atoms with van der Waals surface area (Å²) in [5.41, 5.74) is 0. The number of aromatic nitrogens is 3. The van der Waals surface area contributed by atoms with Crippen LogP contribution >= 0.6 is 11.8 Å². The summed E-state index contributed by atoms with van der Waals surface area (Å²) in [6.07, 6.45) is 1.61. The van der Waals surface area contributed by atoms with Crippen LogP contribution in [0.3, 0.4) is 0 Å². The second-order valence-electron chi connectivity index (χ2n) is 3.09. The summed E-state index contributed by atoms with van der Waals surface area (Å²) in [6.45, 7) is 2.66. The number of carbonyl (C=O) groups is 1. The monoisotopic (exact) mass is 228 g/mol. The molecule has 1 aliphatic rings. The molecule has 0 bridgehead atoms. The molecule has 1 saturated heterocycles. The van der Waals surface area contributed by atoms with Crippen LogP contribution < -0.4 is 0 Å². The highest BCUT2D eigenvalue weighted by molar-refractivity contribution is 7.99. The SMILES string of the molecule is O=C(CSc1cn[nH]n1)N1CCOCC1. The molecule has 0 aromatic carbocycles. The first-order valence-corrected chi connectivity index (χ1v) is 5.69. The smallest absolute Gasteiger partial charge is 0.233 e. The van der Waals surface area contributed by atoms with Crippen molar-refractivity contribution in [3.05, 3.63) is 6.20 Å². The summed E-state index contributed by atoms with van der Waals surface area (Å²) in [6, 6.07) is 0. The van der Waals surface area contributed by atoms with Crippen molar-refractivity contribution < 1.29 is 9.53 Å². The Kier molecular flexibility index (Phi) is 3.57. The minimum atomic E-state index is 0.131. The Morgan fingerprint density at radius 1 is 1.60 bits per heavy atom. The molecule has 1 N–H and O–H groups in total. The molecule has 2 rings (SSSR count). The number of H-pyrrole nitrogens is 1. The second-order valence-corrected chi connectivity index (χ2v) is 4.09. The van der Waals surface area contributed by atoms with E-state index in [2.05, 4.69) is 15.4 Å². The van der Waals surface area contributed by atoms with Crippen molar-refractivity contribution in [2.75, 3.05) is 32.1 Å². The number of morpholine rings is 1. The molecular formula is C8H12N4O2S. The molecule has 1 fully saturated rings. The number of aromatic amines is 1. The predicted molar refractivity (Wildman–Crippen MR) is 54.5 cm³/mol. The Morgan fingerprint density at radius 3 is 3.07 bits per heavy atom. The van der Waals surface area contributed by atoms with E-state index in [1.807, 2.05) is 4.90 Å². The van der Waals surface area contributed by atoms with Gasteiger partial charge in [-0.1, -0.05) is 11.8 Å². The molecule has 7 heteroatoms. The Labute approximate surface area is 91.4 Å². The molecule has 15 heavy (non-hydrogen) atoms. The van der Waals surface area contributed by atoms with E-state index in [1.165, 1.54) is 11.8 Å². The fraction of sp³-hybridized carbons (Fsp3) is 0.625. The van der Waals surface area contributed by atoms with Gasteiger partial charge in [-0.3, -0.25) is 4.79 Å². The average Bonchev–Trinajstić information content (AvgIpc) is 2.80. The van der Waals surface area contributed by atoms with Crippen molar-refractivity contribution in [3.8, 4) is 0 Å². The number of carbonyl (C=O) groups excluding carboxylic acids is 1. The highest BCUT2D eigenvalue weighted by Crippen LogP contribution is 2.13. The topological polar surface area (TPSA) is 71.1 Å². The summed E-state index contributed by atoms with van der Waals surface area (Å²) in [5, 5.41) is 10.8. The lowest BCUT2D eigenvalue weighted by atomic mass is 10.4. The Bertz CT molecular complexity index is 310. The van der Waals surface area contributed by atoms with Gasteiger partial charge in [-0.15, -0.1) is 5.10 Å². The number of thioether (sulfide) groups is 1. The first kappa shape index (κ1) is 10.4. The van der Waals surface area contributed by atoms with Gasteiger partial charge in [0.2, 0.25) is 5.91 Å². The summed E-state index contributed by atoms with van der Waals surface area (Å²) >= 11 is 1.39. The van der Waals surface area contributed by atoms with Gasteiger partial charge < -0.3 is 9.64 Å². The molecule has 0 atom stereocenters. The maximum atomic E-state index is 11.7. The zero-order valence-electron chi connectivity index (χ0n) is 8.18. The van der Waals surface area contributed by atoms with E-state index in [9.17, 15) is 4.79 Å². The van der Waals surface area contributed by atoms with Crippen LogP contribution in [0.5, 0.6) is 0 Å². The summed E-state index contributed by atoms with van der Waals surface area (Å²) in [5.74, 6) is 0.540. The maximum absolute atomic E-state index is 11.7. The van der Waals surface area contributed by atoms with E-state index in [-0.39, 0.29) is 5.91 Å². The van der Waals surface area contributed by atoms with E-state index in [4.69, 9.17) is 4.74 Å². The quantitative estimate of drug-likeness (QED) is 0.723. The zero-order valence-corrected chi connectivity index (χ0v) is 9.00. The Balaban J connectivity index is 1.76. The number of rotatable bonds is 3. The number of hydrogen-bond acceptors (Lipinski definition) is 5. The van der Waals surface area contributed by atoms with Crippen molar-refractivity contribution in [1.82, 2.24) is 20.3 Å². The lowest BCUT2D eigenvalue weighted by Crippen LogP contribution is -2.41. The Morgan fingerprint density at radius 2 is 2.40 bits per heavy atom. The number of nitrogens with zero attached hydrogens (tertiary/aromatic N) is 3. The number of amides is 1. The number of nitrogens with one attached hydrogen (secondary N) is 1. The summed E-state index contributed by atoms with van der Waals surface area (Å²) in [7, 11) is 0. The van der Waals surface area contributed by atoms with E-state index < -0.39 is 0 Å². The molecule has 0 unspecified atom stereocenters. The van der Waals surface area contributed by atoms with Gasteiger partial charge in [0.05, 0.1) is 25.2 Å². The fourth-order valence-electron chi connectivity index (χ4n) is 1.30. The highest BCUT2D eigenvalue weighted by Gasteiger charge is 2.16. The molecule has 82 valence electrons. The van der Waals surface area contributed by atoms with Crippen LogP contribution in [0.2, 0.25) is 0 Å². The second kappa shape index (κ2) is 5.13. The maximum Gasteiger partial charge on any atom is 0.233 e. The van der Waals surface area contributed by atoms with Crippen LogP contribution in [0.1, 0.15) is 0 Å². The van der Waals surface area contributed by atoms with Crippen molar-refractivity contribution in [2.24, 2.45) is 0 Å². The minimum absolute atomic E-state index is 0.131. The van der Waals surface area contributed by atoms with Gasteiger partial charge in [-0.05, 0) is 0 Å². The predicted octanol–water partition coefficient (Wildman–Crippen LogP) is -0.244. The highest BCUT2D eigenvalue weighted by atomic mass is 32.2. The molecule has 0 aliphatic carbocycles. The van der Waals surface area contributed by atoms with Gasteiger partial charge >= 0.3 is 0 Å². The third-order valence-electron chi connectivity index (χ3n) is 2.10. The molecule has 2 heterocycles. The fourth-order valence-corrected chi connectivity index (χ4v) is 1.99. The van der Waals surface area contributed by atoms with Crippen LogP contribution in [0, 0.1) is 0 Å². The van der Waals surface area contributed by atoms with E-state index in [0.717, 1.165) is 5.03 Å². The summed E-state index contributed by atoms with van der Waals surface area (Å²) < 4.78 is 5.17. The van der Waals surface area contributed by atoms with Crippen molar-refractivity contribution in [3.63, 3.8) is 0 Å². The standard InChI is InChI=1S/C8H12N4O2S/c13-8(12-1-3-14-4-2-12)6-15-7-5-9-11-10-7/h5H,1-4,6H2,(H,9,10,11). The van der Waals surface area contributed by atoms with Gasteiger partial charge in [-0.25, -0.2) is 0 Å². The Hall–Kier alpha value is -1.08. The zero-order chi connectivity index (χ0) is 10.5. The average molecular weight is 228 g/mol. The van der Waals surface area contributed by atoms with Crippen LogP contribution in [-0.4, -0.2) is 58.3 Å².